The topological polar surface area (TPSA) is 68.9 Å². The fourth-order valence-corrected chi connectivity index (χ4v) is 1.87. The number of hydrogen-bond donors (Lipinski definition) is 2. The fourth-order valence-electron chi connectivity index (χ4n) is 1.87. The average molecular weight is 421 g/mol. The van der Waals surface area contributed by atoms with Crippen molar-refractivity contribution in [2.75, 3.05) is 33.4 Å². The highest BCUT2D eigenvalue weighted by Gasteiger charge is 1.95. The molecule has 0 aliphatic rings. The molecule has 0 bridgehead atoms. The molecular weight excluding hydrogens is 393 g/mol. The maximum absolute atomic E-state index is 5.79. The molecule has 0 heterocycles. The number of hydrogen-bond acceptors (Lipinski definition) is 3. The van der Waals surface area contributed by atoms with E-state index in [0.717, 1.165) is 51.3 Å². The molecular formula is C16H28IN3O2. The predicted octanol–water partition coefficient (Wildman–Crippen LogP) is 2.58. The van der Waals surface area contributed by atoms with Gasteiger partial charge >= 0.3 is 0 Å². The van der Waals surface area contributed by atoms with E-state index in [2.05, 4.69) is 22.4 Å². The van der Waals surface area contributed by atoms with E-state index in [4.69, 9.17) is 15.2 Å². The van der Waals surface area contributed by atoms with Crippen LogP contribution < -0.4 is 15.8 Å². The maximum Gasteiger partial charge on any atom is 0.188 e. The number of ether oxygens (including phenoxy) is 2. The summed E-state index contributed by atoms with van der Waals surface area (Å²) in [5, 5.41) is 3.09. The quantitative estimate of drug-likeness (QED) is 0.264. The van der Waals surface area contributed by atoms with Gasteiger partial charge in [0.1, 0.15) is 5.75 Å². The number of aryl methyl sites for hydroxylation is 1. The van der Waals surface area contributed by atoms with Gasteiger partial charge in [-0.25, -0.2) is 0 Å². The minimum atomic E-state index is 0. The Balaban J connectivity index is 0.00000441. The number of nitrogens with one attached hydrogen (secondary N) is 1. The van der Waals surface area contributed by atoms with Crippen LogP contribution in [-0.2, 0) is 11.2 Å². The van der Waals surface area contributed by atoms with Gasteiger partial charge in [-0.05, 0) is 43.9 Å². The third kappa shape index (κ3) is 9.83. The Labute approximate surface area is 150 Å². The Bertz CT molecular complexity index is 410. The molecule has 0 aromatic heterocycles. The van der Waals surface area contributed by atoms with Gasteiger partial charge in [0.05, 0.1) is 7.11 Å². The van der Waals surface area contributed by atoms with E-state index in [-0.39, 0.29) is 24.0 Å². The molecule has 0 saturated carbocycles. The van der Waals surface area contributed by atoms with Crippen molar-refractivity contribution in [3.05, 3.63) is 29.8 Å². The van der Waals surface area contributed by atoms with E-state index in [1.165, 1.54) is 5.56 Å². The Morgan fingerprint density at radius 2 is 1.95 bits per heavy atom. The van der Waals surface area contributed by atoms with Crippen LogP contribution in [0.15, 0.2) is 29.3 Å². The van der Waals surface area contributed by atoms with E-state index in [0.29, 0.717) is 5.96 Å². The van der Waals surface area contributed by atoms with Crippen molar-refractivity contribution in [3.8, 4) is 5.75 Å². The lowest BCUT2D eigenvalue weighted by Crippen LogP contribution is -2.33. The predicted molar refractivity (Wildman–Crippen MR) is 102 cm³/mol. The minimum Gasteiger partial charge on any atom is -0.497 e. The van der Waals surface area contributed by atoms with Gasteiger partial charge in [-0.2, -0.15) is 0 Å². The molecule has 0 spiro atoms. The molecule has 6 heteroatoms. The number of guanidine groups is 1. The molecule has 0 atom stereocenters. The van der Waals surface area contributed by atoms with Gasteiger partial charge in [-0.1, -0.05) is 12.1 Å². The zero-order valence-corrected chi connectivity index (χ0v) is 15.8. The molecule has 126 valence electrons. The summed E-state index contributed by atoms with van der Waals surface area (Å²) in [6.45, 7) is 5.04. The van der Waals surface area contributed by atoms with Crippen molar-refractivity contribution >= 4 is 29.9 Å². The van der Waals surface area contributed by atoms with Crippen LogP contribution in [0, 0.1) is 0 Å². The standard InChI is InChI=1S/C16H27N3O2.HI/c1-3-21-13-5-12-19-16(17)18-11-4-6-14-7-9-15(20-2)10-8-14;/h7-10H,3-6,11-13H2,1-2H3,(H3,17,18,19);1H. The van der Waals surface area contributed by atoms with Crippen molar-refractivity contribution in [3.63, 3.8) is 0 Å². The Hall–Kier alpha value is -1.02. The summed E-state index contributed by atoms with van der Waals surface area (Å²) >= 11 is 0. The smallest absolute Gasteiger partial charge is 0.188 e. The first-order valence-electron chi connectivity index (χ1n) is 7.50. The first-order chi connectivity index (χ1) is 10.3. The van der Waals surface area contributed by atoms with Gasteiger partial charge in [0, 0.05) is 26.3 Å². The number of nitrogens with two attached hydrogens (primary N) is 1. The van der Waals surface area contributed by atoms with Crippen molar-refractivity contribution in [2.24, 2.45) is 10.7 Å². The van der Waals surface area contributed by atoms with E-state index in [1.807, 2.05) is 19.1 Å². The van der Waals surface area contributed by atoms with Crippen LogP contribution in [-0.4, -0.2) is 39.4 Å². The molecule has 0 amide bonds. The second kappa shape index (κ2) is 13.6. The molecule has 5 nitrogen and oxygen atoms in total. The van der Waals surface area contributed by atoms with Crippen LogP contribution in [0.3, 0.4) is 0 Å². The van der Waals surface area contributed by atoms with Crippen LogP contribution in [0.25, 0.3) is 0 Å². The Morgan fingerprint density at radius 3 is 2.59 bits per heavy atom. The van der Waals surface area contributed by atoms with Crippen LogP contribution in [0.2, 0.25) is 0 Å². The molecule has 0 saturated heterocycles. The summed E-state index contributed by atoms with van der Waals surface area (Å²) in [5.74, 6) is 1.40. The molecule has 0 aliphatic carbocycles. The van der Waals surface area contributed by atoms with E-state index in [1.54, 1.807) is 7.11 Å². The largest absolute Gasteiger partial charge is 0.497 e. The highest BCUT2D eigenvalue weighted by molar-refractivity contribution is 14.0. The average Bonchev–Trinajstić information content (AvgIpc) is 2.52. The van der Waals surface area contributed by atoms with Crippen molar-refractivity contribution in [1.82, 2.24) is 5.32 Å². The van der Waals surface area contributed by atoms with Crippen molar-refractivity contribution < 1.29 is 9.47 Å². The number of aliphatic imine (C=N–C) groups is 1. The van der Waals surface area contributed by atoms with Crippen molar-refractivity contribution in [2.45, 2.75) is 26.2 Å². The lowest BCUT2D eigenvalue weighted by Gasteiger charge is -2.06. The summed E-state index contributed by atoms with van der Waals surface area (Å²) in [7, 11) is 1.67. The number of halogens is 1. The molecule has 1 aromatic carbocycles. The highest BCUT2D eigenvalue weighted by Crippen LogP contribution is 2.12. The molecule has 0 unspecified atom stereocenters. The van der Waals surface area contributed by atoms with Crippen molar-refractivity contribution in [1.29, 1.82) is 0 Å². The van der Waals surface area contributed by atoms with Gasteiger partial charge in [0.15, 0.2) is 5.96 Å². The molecule has 1 aromatic rings. The first kappa shape index (κ1) is 21.0. The van der Waals surface area contributed by atoms with Gasteiger partial charge in [-0.3, -0.25) is 4.99 Å². The Morgan fingerprint density at radius 1 is 1.23 bits per heavy atom. The number of benzene rings is 1. The highest BCUT2D eigenvalue weighted by atomic mass is 127. The monoisotopic (exact) mass is 421 g/mol. The van der Waals surface area contributed by atoms with Crippen LogP contribution in [0.4, 0.5) is 0 Å². The van der Waals surface area contributed by atoms with E-state index < -0.39 is 0 Å². The summed E-state index contributed by atoms with van der Waals surface area (Å²) in [5.41, 5.74) is 7.07. The Kier molecular flexibility index (Phi) is 13.0. The van der Waals surface area contributed by atoms with Gasteiger partial charge in [0.25, 0.3) is 0 Å². The van der Waals surface area contributed by atoms with Gasteiger partial charge < -0.3 is 20.5 Å². The molecule has 3 N–H and O–H groups in total. The second-order valence-electron chi connectivity index (χ2n) is 4.70. The molecule has 1 rings (SSSR count). The van der Waals surface area contributed by atoms with Gasteiger partial charge in [0.2, 0.25) is 0 Å². The van der Waals surface area contributed by atoms with E-state index in [9.17, 15) is 0 Å². The minimum absolute atomic E-state index is 0. The fraction of sp³-hybridized carbons (Fsp3) is 0.562. The van der Waals surface area contributed by atoms with Crippen LogP contribution >= 0.6 is 24.0 Å². The van der Waals surface area contributed by atoms with E-state index >= 15 is 0 Å². The van der Waals surface area contributed by atoms with Crippen LogP contribution in [0.5, 0.6) is 5.75 Å². The third-order valence-electron chi connectivity index (χ3n) is 3.04. The van der Waals surface area contributed by atoms with Crippen LogP contribution in [0.1, 0.15) is 25.3 Å². The zero-order chi connectivity index (χ0) is 15.3. The summed E-state index contributed by atoms with van der Waals surface area (Å²) in [6.07, 6.45) is 2.91. The number of methoxy groups -OCH3 is 1. The first-order valence-corrected chi connectivity index (χ1v) is 7.50. The maximum atomic E-state index is 5.79. The normalized spacial score (nSPS) is 10.9. The molecule has 0 fully saturated rings. The lowest BCUT2D eigenvalue weighted by molar-refractivity contribution is 0.145. The molecule has 0 aliphatic heterocycles. The summed E-state index contributed by atoms with van der Waals surface area (Å²) in [6, 6.07) is 8.12. The second-order valence-corrected chi connectivity index (χ2v) is 4.70. The SMILES string of the molecule is CCOCCCNC(N)=NCCCc1ccc(OC)cc1.I. The third-order valence-corrected chi connectivity index (χ3v) is 3.04. The lowest BCUT2D eigenvalue weighted by atomic mass is 10.1. The molecule has 22 heavy (non-hydrogen) atoms. The summed E-state index contributed by atoms with van der Waals surface area (Å²) in [4.78, 5) is 4.31. The van der Waals surface area contributed by atoms with Gasteiger partial charge in [-0.15, -0.1) is 24.0 Å². The molecule has 0 radical (unpaired) electrons. The number of nitrogens with zero attached hydrogens (tertiary/aromatic N) is 1. The zero-order valence-electron chi connectivity index (χ0n) is 13.5. The summed E-state index contributed by atoms with van der Waals surface area (Å²) < 4.78 is 10.4. The number of rotatable bonds is 10.